The van der Waals surface area contributed by atoms with Gasteiger partial charge in [-0.1, -0.05) is 152 Å². The molecule has 262 valence electrons. The summed E-state index contributed by atoms with van der Waals surface area (Å²) in [7, 11) is 0. The number of fused-ring (bicyclic) bond motifs is 3. The molecule has 0 radical (unpaired) electrons. The minimum atomic E-state index is -0.586. The molecule has 10 rings (SSSR count). The Hall–Kier alpha value is -7.68. The molecular weight excluding hydrogens is 685 g/mol. The van der Waals surface area contributed by atoms with Crippen LogP contribution in [0.4, 0.5) is 0 Å². The van der Waals surface area contributed by atoms with Gasteiger partial charge in [-0.25, -0.2) is 15.0 Å². The molecule has 0 spiro atoms. The first-order valence-corrected chi connectivity index (χ1v) is 18.6. The lowest BCUT2D eigenvalue weighted by Crippen LogP contribution is -2.34. The number of aromatic nitrogens is 3. The van der Waals surface area contributed by atoms with Gasteiger partial charge in [0.25, 0.3) is 0 Å². The highest BCUT2D eigenvalue weighted by molar-refractivity contribution is 5.95. The average molecular weight is 717 g/mol. The first-order valence-electron chi connectivity index (χ1n) is 18.6. The summed E-state index contributed by atoms with van der Waals surface area (Å²) in [6.07, 6.45) is 0. The quantitative estimate of drug-likeness (QED) is 0.171. The van der Waals surface area contributed by atoms with Gasteiger partial charge < -0.3 is 4.74 Å². The van der Waals surface area contributed by atoms with E-state index in [9.17, 15) is 5.26 Å². The molecule has 1 aromatic heterocycles. The maximum Gasteiger partial charge on any atom is 0.164 e. The van der Waals surface area contributed by atoms with Crippen LogP contribution in [-0.2, 0) is 5.41 Å². The molecule has 0 fully saturated rings. The van der Waals surface area contributed by atoms with Crippen molar-refractivity contribution in [2.24, 2.45) is 0 Å². The fraction of sp³-hybridized carbons (Fsp3) is 0.0196. The summed E-state index contributed by atoms with van der Waals surface area (Å²) in [6, 6.07) is 68.6. The number of nitriles is 1. The van der Waals surface area contributed by atoms with Gasteiger partial charge in [-0.2, -0.15) is 5.26 Å². The van der Waals surface area contributed by atoms with E-state index in [1.165, 1.54) is 11.1 Å². The van der Waals surface area contributed by atoms with Gasteiger partial charge in [0.05, 0.1) is 17.0 Å². The van der Waals surface area contributed by atoms with Crippen LogP contribution in [0.3, 0.4) is 0 Å². The normalized spacial score (nSPS) is 12.6. The summed E-state index contributed by atoms with van der Waals surface area (Å²) in [4.78, 5) is 15.1. The average Bonchev–Trinajstić information content (AvgIpc) is 3.28. The summed E-state index contributed by atoms with van der Waals surface area (Å²) in [5.74, 6) is 3.31. The summed E-state index contributed by atoms with van der Waals surface area (Å²) >= 11 is 0. The van der Waals surface area contributed by atoms with E-state index in [4.69, 9.17) is 19.7 Å². The van der Waals surface area contributed by atoms with Crippen LogP contribution in [0.2, 0.25) is 0 Å². The van der Waals surface area contributed by atoms with E-state index >= 15 is 0 Å². The summed E-state index contributed by atoms with van der Waals surface area (Å²) in [5, 5.41) is 11.6. The van der Waals surface area contributed by atoms with Crippen molar-refractivity contribution in [3.05, 3.63) is 222 Å². The summed E-state index contributed by atoms with van der Waals surface area (Å²) < 4.78 is 6.78. The predicted molar refractivity (Wildman–Crippen MR) is 222 cm³/mol. The molecular formula is C51H32N4O. The second kappa shape index (κ2) is 13.6. The number of hydrogen-bond donors (Lipinski definition) is 0. The second-order valence-electron chi connectivity index (χ2n) is 13.9. The van der Waals surface area contributed by atoms with Crippen LogP contribution < -0.4 is 4.74 Å². The second-order valence-corrected chi connectivity index (χ2v) is 13.9. The molecule has 0 saturated carbocycles. The Morgan fingerprint density at radius 2 is 1.00 bits per heavy atom. The molecule has 0 atom stereocenters. The van der Waals surface area contributed by atoms with E-state index in [2.05, 4.69) is 140 Å². The maximum atomic E-state index is 9.44. The number of hydrogen-bond acceptors (Lipinski definition) is 5. The van der Waals surface area contributed by atoms with Crippen molar-refractivity contribution < 1.29 is 4.74 Å². The standard InChI is InChI=1S/C51H32N4O/c52-33-34-25-27-36(28-26-34)48-53-49(55-50(54-48)43-22-12-14-35-13-7-8-21-42(35)43)39-16-11-15-37(31-39)38-29-30-45-47(32-38)56-46-24-10-9-23-44(46)51(45,40-17-3-1-4-18-40)41-19-5-2-6-20-41/h1-32H. The van der Waals surface area contributed by atoms with Crippen molar-refractivity contribution >= 4 is 10.8 Å². The molecule has 2 heterocycles. The SMILES string of the molecule is N#Cc1ccc(-c2nc(-c3cccc(-c4ccc5c(c4)Oc4ccccc4C5(c4ccccc4)c4ccccc4)c3)nc(-c3cccc4ccccc34)n2)cc1. The maximum absolute atomic E-state index is 9.44. The highest BCUT2D eigenvalue weighted by Crippen LogP contribution is 2.55. The molecule has 0 aliphatic carbocycles. The summed E-state index contributed by atoms with van der Waals surface area (Å²) in [6.45, 7) is 0. The van der Waals surface area contributed by atoms with Gasteiger partial charge in [0.2, 0.25) is 0 Å². The van der Waals surface area contributed by atoms with E-state index in [-0.39, 0.29) is 0 Å². The predicted octanol–water partition coefficient (Wildman–Crippen LogP) is 12.1. The Kier molecular flexibility index (Phi) is 8.01. The van der Waals surface area contributed by atoms with Gasteiger partial charge in [-0.15, -0.1) is 0 Å². The molecule has 0 N–H and O–H groups in total. The number of benzene rings is 8. The van der Waals surface area contributed by atoms with Crippen LogP contribution in [0.15, 0.2) is 194 Å². The van der Waals surface area contributed by atoms with E-state index in [1.807, 2.05) is 48.5 Å². The van der Waals surface area contributed by atoms with E-state index in [1.54, 1.807) is 12.1 Å². The number of rotatable bonds is 6. The lowest BCUT2D eigenvalue weighted by molar-refractivity contribution is 0.435. The highest BCUT2D eigenvalue weighted by Gasteiger charge is 2.45. The monoisotopic (exact) mass is 716 g/mol. The van der Waals surface area contributed by atoms with Gasteiger partial charge in [0.15, 0.2) is 17.5 Å². The van der Waals surface area contributed by atoms with Crippen LogP contribution in [-0.4, -0.2) is 15.0 Å². The van der Waals surface area contributed by atoms with Crippen molar-refractivity contribution in [3.63, 3.8) is 0 Å². The Morgan fingerprint density at radius 1 is 0.429 bits per heavy atom. The number of nitrogens with zero attached hydrogens (tertiary/aromatic N) is 4. The number of para-hydroxylation sites is 1. The fourth-order valence-electron chi connectivity index (χ4n) is 8.10. The first kappa shape index (κ1) is 32.9. The molecule has 0 unspecified atom stereocenters. The molecule has 0 saturated heterocycles. The third-order valence-corrected chi connectivity index (χ3v) is 10.7. The van der Waals surface area contributed by atoms with Crippen LogP contribution >= 0.6 is 0 Å². The van der Waals surface area contributed by atoms with Crippen LogP contribution in [0.25, 0.3) is 56.1 Å². The zero-order valence-electron chi connectivity index (χ0n) is 30.2. The van der Waals surface area contributed by atoms with Crippen molar-refractivity contribution in [2.75, 3.05) is 0 Å². The van der Waals surface area contributed by atoms with E-state index in [0.717, 1.165) is 61.2 Å². The van der Waals surface area contributed by atoms with Gasteiger partial charge in [-0.3, -0.25) is 0 Å². The lowest BCUT2D eigenvalue weighted by atomic mass is 9.63. The molecule has 1 aliphatic rings. The van der Waals surface area contributed by atoms with Gasteiger partial charge in [0.1, 0.15) is 11.5 Å². The largest absolute Gasteiger partial charge is 0.457 e. The van der Waals surface area contributed by atoms with E-state index in [0.29, 0.717) is 23.0 Å². The smallest absolute Gasteiger partial charge is 0.164 e. The molecule has 9 aromatic rings. The fourth-order valence-corrected chi connectivity index (χ4v) is 8.10. The molecule has 5 nitrogen and oxygen atoms in total. The van der Waals surface area contributed by atoms with Crippen LogP contribution in [0.5, 0.6) is 11.5 Å². The Labute approximate surface area is 324 Å². The molecule has 0 amide bonds. The summed E-state index contributed by atoms with van der Waals surface area (Å²) in [5.41, 5.74) is 9.12. The van der Waals surface area contributed by atoms with Crippen molar-refractivity contribution in [3.8, 4) is 62.9 Å². The highest BCUT2D eigenvalue weighted by atomic mass is 16.5. The first-order chi connectivity index (χ1) is 27.7. The zero-order chi connectivity index (χ0) is 37.5. The van der Waals surface area contributed by atoms with Gasteiger partial charge >= 0.3 is 0 Å². The zero-order valence-corrected chi connectivity index (χ0v) is 30.2. The van der Waals surface area contributed by atoms with Crippen molar-refractivity contribution in [1.29, 1.82) is 5.26 Å². The van der Waals surface area contributed by atoms with Gasteiger partial charge in [0, 0.05) is 27.8 Å². The minimum absolute atomic E-state index is 0.534. The molecule has 0 bridgehead atoms. The molecule has 1 aliphatic heterocycles. The lowest BCUT2D eigenvalue weighted by Gasteiger charge is -2.41. The Balaban J connectivity index is 1.12. The third-order valence-electron chi connectivity index (χ3n) is 10.7. The van der Waals surface area contributed by atoms with Gasteiger partial charge in [-0.05, 0) is 75.5 Å². The molecule has 56 heavy (non-hydrogen) atoms. The van der Waals surface area contributed by atoms with Crippen molar-refractivity contribution in [1.82, 2.24) is 15.0 Å². The van der Waals surface area contributed by atoms with Crippen molar-refractivity contribution in [2.45, 2.75) is 5.41 Å². The molecule has 8 aromatic carbocycles. The third kappa shape index (κ3) is 5.52. The van der Waals surface area contributed by atoms with Crippen LogP contribution in [0.1, 0.15) is 27.8 Å². The van der Waals surface area contributed by atoms with E-state index < -0.39 is 5.41 Å². The van der Waals surface area contributed by atoms with Crippen LogP contribution in [0, 0.1) is 11.3 Å². The Bertz CT molecular complexity index is 2910. The topological polar surface area (TPSA) is 71.7 Å². The molecule has 5 heteroatoms. The number of ether oxygens (including phenoxy) is 1. The Morgan fingerprint density at radius 3 is 1.77 bits per heavy atom. The minimum Gasteiger partial charge on any atom is -0.457 e.